The summed E-state index contributed by atoms with van der Waals surface area (Å²) in [4.78, 5) is 14.3. The second-order valence-corrected chi connectivity index (χ2v) is 6.07. The molecule has 6 heteroatoms. The van der Waals surface area contributed by atoms with Gasteiger partial charge in [-0.15, -0.1) is 0 Å². The highest BCUT2D eigenvalue weighted by Crippen LogP contribution is 2.28. The predicted octanol–water partition coefficient (Wildman–Crippen LogP) is 4.00. The van der Waals surface area contributed by atoms with E-state index in [0.717, 1.165) is 10.2 Å². The first-order valence-corrected chi connectivity index (χ1v) is 7.39. The quantitative estimate of drug-likeness (QED) is 0.805. The lowest BCUT2D eigenvalue weighted by Gasteiger charge is -2.18. The van der Waals surface area contributed by atoms with Gasteiger partial charge in [-0.25, -0.2) is 0 Å². The zero-order valence-corrected chi connectivity index (χ0v) is 14.0. The van der Waals surface area contributed by atoms with Crippen LogP contribution in [-0.2, 0) is 0 Å². The number of nitrogens with two attached hydrogens (primary N) is 1. The Balaban J connectivity index is 2.34. The fraction of sp³-hybridized carbons (Fsp3) is 0.133. The van der Waals surface area contributed by atoms with E-state index in [1.54, 1.807) is 24.3 Å². The van der Waals surface area contributed by atoms with E-state index in [0.29, 0.717) is 22.0 Å². The number of hydrogen-bond acceptors (Lipinski definition) is 3. The number of carbonyl (C=O) groups excluding carboxylic acids is 1. The average molecular weight is 369 g/mol. The Bertz CT molecular complexity index is 689. The van der Waals surface area contributed by atoms with Crippen molar-refractivity contribution in [2.24, 2.45) is 0 Å². The van der Waals surface area contributed by atoms with Gasteiger partial charge >= 0.3 is 0 Å². The zero-order valence-electron chi connectivity index (χ0n) is 11.7. The zero-order chi connectivity index (χ0) is 15.6. The Morgan fingerprint density at radius 2 is 1.95 bits per heavy atom. The van der Waals surface area contributed by atoms with Crippen LogP contribution in [0.3, 0.4) is 0 Å². The summed E-state index contributed by atoms with van der Waals surface area (Å²) in [6.45, 7) is 0. The molecule has 21 heavy (non-hydrogen) atoms. The highest BCUT2D eigenvalue weighted by atomic mass is 79.9. The summed E-state index contributed by atoms with van der Waals surface area (Å²) in [6, 6.07) is 10.5. The van der Waals surface area contributed by atoms with Crippen LogP contribution in [0, 0.1) is 0 Å². The fourth-order valence-corrected chi connectivity index (χ4v) is 2.63. The third kappa shape index (κ3) is 3.68. The van der Waals surface area contributed by atoms with Crippen LogP contribution in [-0.4, -0.2) is 20.0 Å². The maximum absolute atomic E-state index is 12.5. The van der Waals surface area contributed by atoms with Gasteiger partial charge < -0.3 is 16.0 Å². The minimum absolute atomic E-state index is 0.254. The third-order valence-electron chi connectivity index (χ3n) is 2.93. The molecule has 0 unspecified atom stereocenters. The lowest BCUT2D eigenvalue weighted by molar-refractivity contribution is 0.102. The number of nitrogens with one attached hydrogen (secondary N) is 1. The SMILES string of the molecule is CN(C)c1ccc(N)cc1C(=O)Nc1ccc(Br)cc1Cl. The molecule has 2 aromatic carbocycles. The standard InChI is InChI=1S/C15H15BrClN3O/c1-20(2)14-6-4-10(18)8-11(14)15(21)19-13-5-3-9(16)7-12(13)17/h3-8H,18H2,1-2H3,(H,19,21). The second kappa shape index (κ2) is 6.37. The molecule has 0 aliphatic rings. The lowest BCUT2D eigenvalue weighted by atomic mass is 10.1. The van der Waals surface area contributed by atoms with Gasteiger partial charge in [0.1, 0.15) is 0 Å². The third-order valence-corrected chi connectivity index (χ3v) is 3.73. The average Bonchev–Trinajstić information content (AvgIpc) is 2.41. The van der Waals surface area contributed by atoms with Crippen molar-refractivity contribution in [3.63, 3.8) is 0 Å². The Morgan fingerprint density at radius 1 is 1.24 bits per heavy atom. The topological polar surface area (TPSA) is 58.4 Å². The van der Waals surface area contributed by atoms with Gasteiger partial charge in [0.25, 0.3) is 5.91 Å². The number of amides is 1. The van der Waals surface area contributed by atoms with Crippen molar-refractivity contribution in [1.82, 2.24) is 0 Å². The number of benzene rings is 2. The number of nitrogens with zero attached hydrogens (tertiary/aromatic N) is 1. The molecule has 0 aliphatic heterocycles. The summed E-state index contributed by atoms with van der Waals surface area (Å²) in [7, 11) is 3.74. The van der Waals surface area contributed by atoms with Gasteiger partial charge in [0.05, 0.1) is 16.3 Å². The van der Waals surface area contributed by atoms with E-state index in [1.165, 1.54) is 0 Å². The molecule has 0 aromatic heterocycles. The van der Waals surface area contributed by atoms with Crippen LogP contribution in [0.5, 0.6) is 0 Å². The molecule has 2 rings (SSSR count). The largest absolute Gasteiger partial charge is 0.399 e. The summed E-state index contributed by atoms with van der Waals surface area (Å²) < 4.78 is 0.850. The summed E-state index contributed by atoms with van der Waals surface area (Å²) in [5.74, 6) is -0.254. The molecule has 0 radical (unpaired) electrons. The molecule has 0 fully saturated rings. The van der Waals surface area contributed by atoms with Crippen molar-refractivity contribution in [1.29, 1.82) is 0 Å². The highest BCUT2D eigenvalue weighted by Gasteiger charge is 2.15. The summed E-state index contributed by atoms with van der Waals surface area (Å²) in [5, 5.41) is 3.27. The van der Waals surface area contributed by atoms with Crippen LogP contribution < -0.4 is 16.0 Å². The van der Waals surface area contributed by atoms with Gasteiger partial charge in [-0.3, -0.25) is 4.79 Å². The van der Waals surface area contributed by atoms with Gasteiger partial charge in [-0.1, -0.05) is 27.5 Å². The van der Waals surface area contributed by atoms with Crippen LogP contribution in [0.1, 0.15) is 10.4 Å². The van der Waals surface area contributed by atoms with E-state index in [1.807, 2.05) is 31.1 Å². The fourth-order valence-electron chi connectivity index (χ4n) is 1.91. The van der Waals surface area contributed by atoms with Crippen LogP contribution >= 0.6 is 27.5 Å². The normalized spacial score (nSPS) is 10.3. The summed E-state index contributed by atoms with van der Waals surface area (Å²) in [5.41, 5.74) is 8.15. The Labute approximate surface area is 137 Å². The van der Waals surface area contributed by atoms with E-state index in [2.05, 4.69) is 21.2 Å². The van der Waals surface area contributed by atoms with Crippen molar-refractivity contribution < 1.29 is 4.79 Å². The van der Waals surface area contributed by atoms with Gasteiger partial charge in [0, 0.05) is 29.9 Å². The van der Waals surface area contributed by atoms with E-state index < -0.39 is 0 Å². The van der Waals surface area contributed by atoms with Gasteiger partial charge in [0.15, 0.2) is 0 Å². The molecule has 0 atom stereocenters. The molecule has 110 valence electrons. The molecule has 3 N–H and O–H groups in total. The van der Waals surface area contributed by atoms with Crippen molar-refractivity contribution in [2.45, 2.75) is 0 Å². The first-order valence-electron chi connectivity index (χ1n) is 6.21. The van der Waals surface area contributed by atoms with Gasteiger partial charge in [-0.2, -0.15) is 0 Å². The minimum Gasteiger partial charge on any atom is -0.399 e. The Hall–Kier alpha value is -1.72. The predicted molar refractivity (Wildman–Crippen MR) is 92.3 cm³/mol. The Morgan fingerprint density at radius 3 is 2.57 bits per heavy atom. The van der Waals surface area contributed by atoms with Crippen molar-refractivity contribution in [3.05, 3.63) is 51.5 Å². The van der Waals surface area contributed by atoms with Crippen molar-refractivity contribution in [2.75, 3.05) is 30.0 Å². The van der Waals surface area contributed by atoms with E-state index in [4.69, 9.17) is 17.3 Å². The summed E-state index contributed by atoms with van der Waals surface area (Å²) >= 11 is 9.44. The molecule has 0 spiro atoms. The number of hydrogen-bond donors (Lipinski definition) is 2. The maximum atomic E-state index is 12.5. The van der Waals surface area contributed by atoms with E-state index >= 15 is 0 Å². The van der Waals surface area contributed by atoms with Crippen molar-refractivity contribution in [3.8, 4) is 0 Å². The number of anilines is 3. The Kier molecular flexibility index (Phi) is 4.75. The highest BCUT2D eigenvalue weighted by molar-refractivity contribution is 9.10. The summed E-state index contributed by atoms with van der Waals surface area (Å²) in [6.07, 6.45) is 0. The molecule has 2 aromatic rings. The van der Waals surface area contributed by atoms with E-state index in [9.17, 15) is 4.79 Å². The molecule has 0 bridgehead atoms. The van der Waals surface area contributed by atoms with Crippen LogP contribution in [0.2, 0.25) is 5.02 Å². The molecular formula is C15H15BrClN3O. The van der Waals surface area contributed by atoms with E-state index in [-0.39, 0.29) is 5.91 Å². The minimum atomic E-state index is -0.254. The lowest BCUT2D eigenvalue weighted by Crippen LogP contribution is -2.19. The molecule has 4 nitrogen and oxygen atoms in total. The monoisotopic (exact) mass is 367 g/mol. The molecule has 0 heterocycles. The van der Waals surface area contributed by atoms with Crippen LogP contribution in [0.15, 0.2) is 40.9 Å². The first kappa shape index (κ1) is 15.7. The van der Waals surface area contributed by atoms with Crippen molar-refractivity contribution >= 4 is 50.5 Å². The number of carbonyl (C=O) groups is 1. The first-order chi connectivity index (χ1) is 9.88. The van der Waals surface area contributed by atoms with Crippen LogP contribution in [0.25, 0.3) is 0 Å². The molecule has 0 saturated heterocycles. The number of rotatable bonds is 3. The number of nitrogen functional groups attached to an aromatic ring is 1. The van der Waals surface area contributed by atoms with Crippen LogP contribution in [0.4, 0.5) is 17.1 Å². The molecule has 0 aliphatic carbocycles. The van der Waals surface area contributed by atoms with Gasteiger partial charge in [0.2, 0.25) is 0 Å². The molecule has 1 amide bonds. The molecular weight excluding hydrogens is 354 g/mol. The van der Waals surface area contributed by atoms with Gasteiger partial charge in [-0.05, 0) is 36.4 Å². The smallest absolute Gasteiger partial charge is 0.257 e. The number of halogens is 2. The maximum Gasteiger partial charge on any atom is 0.257 e. The second-order valence-electron chi connectivity index (χ2n) is 4.75. The molecule has 0 saturated carbocycles.